The molecule has 10 heteroatoms. The van der Waals surface area contributed by atoms with Gasteiger partial charge in [-0.05, 0) is 68.0 Å². The summed E-state index contributed by atoms with van der Waals surface area (Å²) in [6.45, 7) is 1.82. The molecule has 194 valence electrons. The Balaban J connectivity index is 1.51. The molecule has 2 unspecified atom stereocenters. The summed E-state index contributed by atoms with van der Waals surface area (Å²) in [5.41, 5.74) is 3.54. The van der Waals surface area contributed by atoms with Crippen LogP contribution in [-0.2, 0) is 4.84 Å². The minimum Gasteiger partial charge on any atom is -0.267 e. The van der Waals surface area contributed by atoms with Gasteiger partial charge in [0.25, 0.3) is 5.91 Å². The van der Waals surface area contributed by atoms with Gasteiger partial charge in [0.05, 0.1) is 5.56 Å². The van der Waals surface area contributed by atoms with Crippen LogP contribution in [0.15, 0.2) is 49.2 Å². The second kappa shape index (κ2) is 9.81. The molecule has 2 atom stereocenters. The van der Waals surface area contributed by atoms with Crippen molar-refractivity contribution in [1.29, 1.82) is 0 Å². The van der Waals surface area contributed by atoms with Gasteiger partial charge in [0.1, 0.15) is 23.6 Å². The fourth-order valence-corrected chi connectivity index (χ4v) is 5.34. The zero-order valence-electron chi connectivity index (χ0n) is 20.2. The molecule has 2 aliphatic rings. The van der Waals surface area contributed by atoms with E-state index in [-0.39, 0.29) is 48.6 Å². The normalized spacial score (nSPS) is 23.3. The number of amides is 1. The van der Waals surface area contributed by atoms with Crippen LogP contribution in [0.25, 0.3) is 11.1 Å². The number of benzene rings is 1. The fourth-order valence-electron chi connectivity index (χ4n) is 5.34. The number of aromatic nitrogens is 3. The molecule has 3 aromatic rings. The molecule has 0 saturated heterocycles. The molecule has 1 N–H and O–H groups in total. The minimum absolute atomic E-state index is 0.0690. The van der Waals surface area contributed by atoms with Gasteiger partial charge < -0.3 is 0 Å². The average Bonchev–Trinajstić information content (AvgIpc) is 2.89. The third-order valence-corrected chi connectivity index (χ3v) is 7.56. The number of nitrogens with one attached hydrogen (secondary N) is 1. The summed E-state index contributed by atoms with van der Waals surface area (Å²) in [7, 11) is 0. The second-order valence-corrected chi connectivity index (χ2v) is 9.98. The number of hydroxylamine groups is 1. The van der Waals surface area contributed by atoms with Crippen molar-refractivity contribution in [3.63, 3.8) is 0 Å². The third-order valence-electron chi connectivity index (χ3n) is 7.56. The summed E-state index contributed by atoms with van der Waals surface area (Å²) in [5, 5.41) is 0. The van der Waals surface area contributed by atoms with Gasteiger partial charge in [-0.2, -0.15) is 0 Å². The summed E-state index contributed by atoms with van der Waals surface area (Å²) in [6.07, 6.45) is 6.69. The molecule has 0 spiro atoms. The Hall–Kier alpha value is -3.40. The van der Waals surface area contributed by atoms with Crippen molar-refractivity contribution in [3.8, 4) is 11.1 Å². The van der Waals surface area contributed by atoms with E-state index >= 15 is 0 Å². The van der Waals surface area contributed by atoms with Crippen molar-refractivity contribution in [1.82, 2.24) is 20.4 Å². The number of nitrogens with zero attached hydrogens (tertiary/aromatic N) is 3. The van der Waals surface area contributed by atoms with Gasteiger partial charge in [0.2, 0.25) is 5.92 Å². The molecule has 0 aliphatic heterocycles. The first-order valence-corrected chi connectivity index (χ1v) is 12.2. The smallest absolute Gasteiger partial charge is 0.267 e. The van der Waals surface area contributed by atoms with Crippen molar-refractivity contribution in [2.75, 3.05) is 0 Å². The third kappa shape index (κ3) is 5.07. The molecule has 2 heterocycles. The highest BCUT2D eigenvalue weighted by Crippen LogP contribution is 2.53. The molecule has 2 aliphatic carbocycles. The number of carbonyl (C=O) groups excluding carboxylic acids is 1. The van der Waals surface area contributed by atoms with Crippen molar-refractivity contribution < 1.29 is 27.2 Å². The Morgan fingerprint density at radius 3 is 2.43 bits per heavy atom. The monoisotopic (exact) mass is 514 g/mol. The van der Waals surface area contributed by atoms with E-state index in [1.54, 1.807) is 6.07 Å². The molecular formula is C27H26F4N4O2. The molecule has 1 aromatic carbocycles. The number of hydrogen-bond donors (Lipinski definition) is 1. The summed E-state index contributed by atoms with van der Waals surface area (Å²) in [4.78, 5) is 30.7. The van der Waals surface area contributed by atoms with Gasteiger partial charge >= 0.3 is 0 Å². The van der Waals surface area contributed by atoms with E-state index in [0.29, 0.717) is 29.7 Å². The van der Waals surface area contributed by atoms with Crippen molar-refractivity contribution >= 4 is 5.91 Å². The Labute approximate surface area is 211 Å². The number of alkyl halides is 2. The van der Waals surface area contributed by atoms with Crippen LogP contribution in [-0.4, -0.2) is 32.4 Å². The van der Waals surface area contributed by atoms with E-state index in [1.807, 2.05) is 6.92 Å². The van der Waals surface area contributed by atoms with Crippen LogP contribution in [0.4, 0.5) is 17.6 Å². The van der Waals surface area contributed by atoms with E-state index in [1.165, 1.54) is 24.9 Å². The van der Waals surface area contributed by atoms with E-state index < -0.39 is 29.1 Å². The highest BCUT2D eigenvalue weighted by molar-refractivity contribution is 5.92. The van der Waals surface area contributed by atoms with E-state index in [0.717, 1.165) is 18.2 Å². The molecular weight excluding hydrogens is 488 g/mol. The Morgan fingerprint density at radius 1 is 1.03 bits per heavy atom. The quantitative estimate of drug-likeness (QED) is 0.317. The summed E-state index contributed by atoms with van der Waals surface area (Å²) in [6, 6.07) is 4.85. The van der Waals surface area contributed by atoms with E-state index in [4.69, 9.17) is 4.84 Å². The lowest BCUT2D eigenvalue weighted by Crippen LogP contribution is -2.50. The predicted molar refractivity (Wildman–Crippen MR) is 127 cm³/mol. The molecule has 2 aromatic heterocycles. The number of carbonyl (C=O) groups is 1. The SMILES string of the molecule is CC1(ONC(=O)c2cncnc2)CCC1c1c(-c2cc(F)ccc2F)ccnc1C1CCC(F)(F)CC1. The lowest BCUT2D eigenvalue weighted by molar-refractivity contribution is -0.141. The predicted octanol–water partition coefficient (Wildman–Crippen LogP) is 6.11. The summed E-state index contributed by atoms with van der Waals surface area (Å²) in [5.74, 6) is -5.04. The van der Waals surface area contributed by atoms with Crippen LogP contribution < -0.4 is 5.48 Å². The van der Waals surface area contributed by atoms with Crippen LogP contribution in [0.2, 0.25) is 0 Å². The maximum absolute atomic E-state index is 14.9. The zero-order valence-corrected chi connectivity index (χ0v) is 20.2. The number of rotatable bonds is 6. The molecule has 1 amide bonds. The second-order valence-electron chi connectivity index (χ2n) is 9.98. The maximum Gasteiger partial charge on any atom is 0.277 e. The summed E-state index contributed by atoms with van der Waals surface area (Å²) >= 11 is 0. The van der Waals surface area contributed by atoms with Gasteiger partial charge in [-0.1, -0.05) is 0 Å². The lowest BCUT2D eigenvalue weighted by Gasteiger charge is -2.47. The largest absolute Gasteiger partial charge is 0.277 e. The summed E-state index contributed by atoms with van der Waals surface area (Å²) < 4.78 is 57.0. The molecule has 0 radical (unpaired) electrons. The topological polar surface area (TPSA) is 77.0 Å². The van der Waals surface area contributed by atoms with Crippen molar-refractivity contribution in [2.45, 2.75) is 68.8 Å². The highest BCUT2D eigenvalue weighted by atomic mass is 19.3. The minimum atomic E-state index is -2.72. The maximum atomic E-state index is 14.9. The standard InChI is InChI=1S/C27H26F4N4O2/c1-26(37-35-25(36)17-13-32-15-33-14-17)8-6-21(26)23-19(20-12-18(28)2-3-22(20)29)7-11-34-24(23)16-4-9-27(30,31)10-5-16/h2-3,7,11-16,21H,4-6,8-10H2,1H3,(H,35,36). The number of hydrogen-bond acceptors (Lipinski definition) is 5. The van der Waals surface area contributed by atoms with Crippen LogP contribution >= 0.6 is 0 Å². The van der Waals surface area contributed by atoms with Gasteiger partial charge in [-0.3, -0.25) is 14.6 Å². The van der Waals surface area contributed by atoms with Crippen LogP contribution in [0.3, 0.4) is 0 Å². The van der Waals surface area contributed by atoms with Gasteiger partial charge in [-0.25, -0.2) is 33.0 Å². The Kier molecular flexibility index (Phi) is 6.70. The first-order chi connectivity index (χ1) is 17.7. The van der Waals surface area contributed by atoms with Crippen LogP contribution in [0.5, 0.6) is 0 Å². The Morgan fingerprint density at radius 2 is 1.76 bits per heavy atom. The van der Waals surface area contributed by atoms with E-state index in [9.17, 15) is 22.4 Å². The van der Waals surface area contributed by atoms with Gasteiger partial charge in [-0.15, -0.1) is 0 Å². The molecule has 0 bridgehead atoms. The molecule has 6 nitrogen and oxygen atoms in total. The first kappa shape index (κ1) is 25.3. The molecule has 2 saturated carbocycles. The zero-order chi connectivity index (χ0) is 26.2. The number of halogens is 4. The first-order valence-electron chi connectivity index (χ1n) is 12.2. The highest BCUT2D eigenvalue weighted by Gasteiger charge is 2.49. The molecule has 5 rings (SSSR count). The number of pyridine rings is 1. The van der Waals surface area contributed by atoms with E-state index in [2.05, 4.69) is 20.4 Å². The van der Waals surface area contributed by atoms with Crippen molar-refractivity contribution in [2.24, 2.45) is 0 Å². The van der Waals surface area contributed by atoms with Gasteiger partial charge in [0.15, 0.2) is 0 Å². The van der Waals surface area contributed by atoms with Crippen molar-refractivity contribution in [3.05, 3.63) is 77.6 Å². The average molecular weight is 515 g/mol. The fraction of sp³-hybridized carbons (Fsp3) is 0.407. The lowest BCUT2D eigenvalue weighted by atomic mass is 9.64. The Bertz CT molecular complexity index is 1300. The van der Waals surface area contributed by atoms with Crippen LogP contribution in [0, 0.1) is 11.6 Å². The van der Waals surface area contributed by atoms with Gasteiger partial charge in [0, 0.05) is 54.5 Å². The molecule has 2 fully saturated rings. The molecule has 37 heavy (non-hydrogen) atoms. The van der Waals surface area contributed by atoms with Crippen LogP contribution in [0.1, 0.15) is 78.9 Å².